The van der Waals surface area contributed by atoms with Gasteiger partial charge in [0.15, 0.2) is 5.76 Å². The van der Waals surface area contributed by atoms with E-state index in [2.05, 4.69) is 29.4 Å². The fourth-order valence-corrected chi connectivity index (χ4v) is 2.98. The molecule has 2 heterocycles. The lowest BCUT2D eigenvalue weighted by molar-refractivity contribution is 0.0936. The van der Waals surface area contributed by atoms with Crippen LogP contribution in [0.2, 0.25) is 0 Å². The molecular weight excluding hydrogens is 356 g/mol. The van der Waals surface area contributed by atoms with Crippen LogP contribution in [0.5, 0.6) is 5.75 Å². The number of hydrogen-bond acceptors (Lipinski definition) is 5. The summed E-state index contributed by atoms with van der Waals surface area (Å²) in [5.74, 6) is 1.64. The van der Waals surface area contributed by atoms with Gasteiger partial charge in [-0.2, -0.15) is 5.10 Å². The summed E-state index contributed by atoms with van der Waals surface area (Å²) in [5.41, 5.74) is 3.08. The van der Waals surface area contributed by atoms with Crippen LogP contribution in [0.4, 0.5) is 0 Å². The topological polar surface area (TPSA) is 82.2 Å². The van der Waals surface area contributed by atoms with Gasteiger partial charge in [-0.3, -0.25) is 9.48 Å². The summed E-state index contributed by atoms with van der Waals surface area (Å²) in [6, 6.07) is 11.3. The average molecular weight is 382 g/mol. The van der Waals surface area contributed by atoms with Crippen LogP contribution >= 0.6 is 0 Å². The average Bonchev–Trinajstić information content (AvgIpc) is 3.32. The van der Waals surface area contributed by atoms with Crippen LogP contribution in [-0.4, -0.2) is 28.0 Å². The van der Waals surface area contributed by atoms with Crippen LogP contribution in [0.15, 0.2) is 40.9 Å². The third-order valence-electron chi connectivity index (χ3n) is 4.33. The molecule has 0 aliphatic heterocycles. The smallest absolute Gasteiger partial charge is 0.269 e. The molecule has 1 aromatic carbocycles. The Balaban J connectivity index is 1.67. The van der Waals surface area contributed by atoms with Crippen LogP contribution in [-0.2, 0) is 19.5 Å². The van der Waals surface area contributed by atoms with E-state index in [1.165, 1.54) is 0 Å². The molecule has 0 radical (unpaired) electrons. The van der Waals surface area contributed by atoms with Crippen molar-refractivity contribution >= 4 is 5.91 Å². The van der Waals surface area contributed by atoms with Gasteiger partial charge in [-0.15, -0.1) is 0 Å². The van der Waals surface area contributed by atoms with E-state index in [-0.39, 0.29) is 12.5 Å². The molecule has 0 unspecified atom stereocenters. The number of carbonyl (C=O) groups excluding carboxylic acids is 1. The van der Waals surface area contributed by atoms with Gasteiger partial charge >= 0.3 is 0 Å². The Morgan fingerprint density at radius 3 is 2.82 bits per heavy atom. The normalized spacial score (nSPS) is 11.0. The van der Waals surface area contributed by atoms with Gasteiger partial charge in [0, 0.05) is 18.2 Å². The summed E-state index contributed by atoms with van der Waals surface area (Å²) >= 11 is 0. The number of nitrogens with one attached hydrogen (secondary N) is 1. The first-order valence-corrected chi connectivity index (χ1v) is 9.45. The lowest BCUT2D eigenvalue weighted by Gasteiger charge is -2.04. The van der Waals surface area contributed by atoms with E-state index in [9.17, 15) is 4.79 Å². The van der Waals surface area contributed by atoms with Crippen LogP contribution < -0.4 is 10.1 Å². The molecule has 28 heavy (non-hydrogen) atoms. The predicted molar refractivity (Wildman–Crippen MR) is 106 cm³/mol. The summed E-state index contributed by atoms with van der Waals surface area (Å²) in [7, 11) is 1.62. The van der Waals surface area contributed by atoms with Gasteiger partial charge in [0.1, 0.15) is 17.1 Å². The molecule has 0 aliphatic carbocycles. The highest BCUT2D eigenvalue weighted by Gasteiger charge is 2.16. The van der Waals surface area contributed by atoms with Crippen molar-refractivity contribution < 1.29 is 14.1 Å². The molecule has 0 saturated heterocycles. The third-order valence-corrected chi connectivity index (χ3v) is 4.33. The van der Waals surface area contributed by atoms with Gasteiger partial charge in [-0.1, -0.05) is 31.1 Å². The van der Waals surface area contributed by atoms with Crippen molar-refractivity contribution in [2.75, 3.05) is 7.11 Å². The molecule has 0 bridgehead atoms. The summed E-state index contributed by atoms with van der Waals surface area (Å²) in [6.45, 7) is 7.14. The van der Waals surface area contributed by atoms with Crippen molar-refractivity contribution in [3.8, 4) is 17.0 Å². The Kier molecular flexibility index (Phi) is 6.13. The first-order chi connectivity index (χ1) is 13.5. The minimum absolute atomic E-state index is 0.177. The Morgan fingerprint density at radius 2 is 2.11 bits per heavy atom. The lowest BCUT2D eigenvalue weighted by atomic mass is 10.1. The van der Waals surface area contributed by atoms with Gasteiger partial charge in [0.05, 0.1) is 19.3 Å². The largest absolute Gasteiger partial charge is 0.497 e. The maximum atomic E-state index is 12.6. The van der Waals surface area contributed by atoms with Gasteiger partial charge in [-0.25, -0.2) is 0 Å². The standard InChI is InChI=1S/C21H26N4O3/c1-5-25-20(11-16(23-25)9-14(2)3)21(26)22-13-18-12-19(24-28-18)15-7-6-8-17(10-15)27-4/h6-8,10-12,14H,5,9,13H2,1-4H3,(H,22,26). The zero-order chi connectivity index (χ0) is 20.1. The molecule has 148 valence electrons. The van der Waals surface area contributed by atoms with Crippen molar-refractivity contribution in [1.82, 2.24) is 20.3 Å². The van der Waals surface area contributed by atoms with E-state index < -0.39 is 0 Å². The second kappa shape index (κ2) is 8.73. The number of nitrogens with zero attached hydrogens (tertiary/aromatic N) is 3. The Hall–Kier alpha value is -3.09. The fraction of sp³-hybridized carbons (Fsp3) is 0.381. The number of ether oxygens (including phenoxy) is 1. The van der Waals surface area contributed by atoms with Gasteiger partial charge in [0.25, 0.3) is 5.91 Å². The van der Waals surface area contributed by atoms with Gasteiger partial charge in [-0.05, 0) is 37.5 Å². The molecule has 2 aromatic heterocycles. The molecule has 1 amide bonds. The molecule has 3 rings (SSSR count). The number of rotatable bonds is 8. The van der Waals surface area contributed by atoms with Crippen LogP contribution in [0.3, 0.4) is 0 Å². The second-order valence-electron chi connectivity index (χ2n) is 7.03. The number of benzene rings is 1. The van der Waals surface area contributed by atoms with Crippen molar-refractivity contribution in [3.05, 3.63) is 53.5 Å². The third kappa shape index (κ3) is 4.60. The van der Waals surface area contributed by atoms with Gasteiger partial charge in [0.2, 0.25) is 0 Å². The van der Waals surface area contributed by atoms with Crippen LogP contribution in [0.1, 0.15) is 42.7 Å². The molecule has 0 aliphatic rings. The van der Waals surface area contributed by atoms with Crippen molar-refractivity contribution in [2.45, 2.75) is 40.3 Å². The van der Waals surface area contributed by atoms with E-state index >= 15 is 0 Å². The van der Waals surface area contributed by atoms with Crippen molar-refractivity contribution in [1.29, 1.82) is 0 Å². The van der Waals surface area contributed by atoms with Crippen LogP contribution in [0.25, 0.3) is 11.3 Å². The summed E-state index contributed by atoms with van der Waals surface area (Å²) in [4.78, 5) is 12.6. The Labute approximate surface area is 164 Å². The predicted octanol–water partition coefficient (Wildman–Crippen LogP) is 3.70. The SMILES string of the molecule is CCn1nc(CC(C)C)cc1C(=O)NCc1cc(-c2cccc(OC)c2)no1. The van der Waals surface area contributed by atoms with E-state index in [1.807, 2.05) is 43.3 Å². The van der Waals surface area contributed by atoms with E-state index in [0.717, 1.165) is 23.4 Å². The molecule has 1 N–H and O–H groups in total. The van der Waals surface area contributed by atoms with Gasteiger partial charge < -0.3 is 14.6 Å². The summed E-state index contributed by atoms with van der Waals surface area (Å²) in [5, 5.41) is 11.5. The minimum atomic E-state index is -0.177. The quantitative estimate of drug-likeness (QED) is 0.642. The van der Waals surface area contributed by atoms with E-state index in [0.29, 0.717) is 29.6 Å². The summed E-state index contributed by atoms with van der Waals surface area (Å²) < 4.78 is 12.3. The lowest BCUT2D eigenvalue weighted by Crippen LogP contribution is -2.25. The van der Waals surface area contributed by atoms with E-state index in [4.69, 9.17) is 9.26 Å². The number of methoxy groups -OCH3 is 1. The second-order valence-corrected chi connectivity index (χ2v) is 7.03. The number of carbonyl (C=O) groups is 1. The number of aromatic nitrogens is 3. The number of amides is 1. The zero-order valence-electron chi connectivity index (χ0n) is 16.7. The minimum Gasteiger partial charge on any atom is -0.497 e. The molecule has 7 nitrogen and oxygen atoms in total. The number of hydrogen-bond donors (Lipinski definition) is 1. The van der Waals surface area contributed by atoms with Crippen molar-refractivity contribution in [3.63, 3.8) is 0 Å². The summed E-state index contributed by atoms with van der Waals surface area (Å²) in [6.07, 6.45) is 0.847. The highest BCUT2D eigenvalue weighted by Crippen LogP contribution is 2.23. The van der Waals surface area contributed by atoms with Crippen molar-refractivity contribution in [2.24, 2.45) is 5.92 Å². The number of aryl methyl sites for hydroxylation is 1. The monoisotopic (exact) mass is 382 g/mol. The fourth-order valence-electron chi connectivity index (χ4n) is 2.98. The first-order valence-electron chi connectivity index (χ1n) is 9.45. The maximum absolute atomic E-state index is 12.6. The zero-order valence-corrected chi connectivity index (χ0v) is 16.7. The Morgan fingerprint density at radius 1 is 1.29 bits per heavy atom. The highest BCUT2D eigenvalue weighted by atomic mass is 16.5. The molecule has 0 saturated carbocycles. The molecular formula is C21H26N4O3. The molecule has 3 aromatic rings. The van der Waals surface area contributed by atoms with E-state index in [1.54, 1.807) is 11.8 Å². The molecule has 0 atom stereocenters. The Bertz CT molecular complexity index is 943. The molecule has 0 spiro atoms. The molecule has 0 fully saturated rings. The first kappa shape index (κ1) is 19.7. The highest BCUT2D eigenvalue weighted by molar-refractivity contribution is 5.92. The van der Waals surface area contributed by atoms with Crippen LogP contribution in [0, 0.1) is 5.92 Å². The molecule has 7 heteroatoms. The maximum Gasteiger partial charge on any atom is 0.269 e.